The maximum Gasteiger partial charge on any atom is 0.166 e. The van der Waals surface area contributed by atoms with Crippen molar-refractivity contribution in [2.75, 3.05) is 6.61 Å². The largest absolute Gasteiger partial charge is 0.489 e. The summed E-state index contributed by atoms with van der Waals surface area (Å²) in [6, 6.07) is 7.45. The number of carbonyl (C=O) groups excluding carboxylic acids is 1. The molecular weight excluding hydrogens is 188 g/mol. The van der Waals surface area contributed by atoms with Crippen LogP contribution >= 0.6 is 0 Å². The summed E-state index contributed by atoms with van der Waals surface area (Å²) in [6.07, 6.45) is 6.55. The third kappa shape index (κ3) is 2.46. The standard InChI is InChI=1S/C13H14O2/c14-12-8-3-1-2-6-10-15-13-9-5-4-7-11(12)13/h2,4-7,9H,1,3,8,10H2/b6-2-. The maximum atomic E-state index is 11.8. The zero-order chi connectivity index (χ0) is 10.5. The molecule has 15 heavy (non-hydrogen) atoms. The smallest absolute Gasteiger partial charge is 0.166 e. The molecule has 0 radical (unpaired) electrons. The number of hydrogen-bond donors (Lipinski definition) is 0. The molecule has 0 unspecified atom stereocenters. The van der Waals surface area contributed by atoms with Gasteiger partial charge in [-0.25, -0.2) is 0 Å². The van der Waals surface area contributed by atoms with E-state index in [0.717, 1.165) is 12.8 Å². The molecule has 1 heterocycles. The van der Waals surface area contributed by atoms with Crippen molar-refractivity contribution >= 4 is 5.78 Å². The number of carbonyl (C=O) groups is 1. The van der Waals surface area contributed by atoms with Crippen LogP contribution < -0.4 is 4.74 Å². The van der Waals surface area contributed by atoms with Crippen LogP contribution in [0.15, 0.2) is 36.4 Å². The van der Waals surface area contributed by atoms with Crippen LogP contribution in [0.3, 0.4) is 0 Å². The number of allylic oxidation sites excluding steroid dienone is 1. The molecule has 2 rings (SSSR count). The average molecular weight is 202 g/mol. The van der Waals surface area contributed by atoms with E-state index in [1.165, 1.54) is 0 Å². The Hall–Kier alpha value is -1.57. The first-order chi connectivity index (χ1) is 7.38. The monoisotopic (exact) mass is 202 g/mol. The summed E-state index contributed by atoms with van der Waals surface area (Å²) in [4.78, 5) is 11.8. The predicted molar refractivity (Wildman–Crippen MR) is 59.3 cm³/mol. The topological polar surface area (TPSA) is 26.3 Å². The molecule has 78 valence electrons. The molecule has 0 aliphatic carbocycles. The number of para-hydroxylation sites is 1. The fraction of sp³-hybridized carbons (Fsp3) is 0.308. The number of hydrogen-bond acceptors (Lipinski definition) is 2. The number of benzene rings is 1. The fourth-order valence-corrected chi connectivity index (χ4v) is 1.66. The van der Waals surface area contributed by atoms with Gasteiger partial charge in [0.1, 0.15) is 12.4 Å². The van der Waals surface area contributed by atoms with Crippen molar-refractivity contribution in [3.05, 3.63) is 42.0 Å². The molecule has 1 aromatic carbocycles. The van der Waals surface area contributed by atoms with Gasteiger partial charge in [0.05, 0.1) is 5.56 Å². The summed E-state index contributed by atoms with van der Waals surface area (Å²) < 4.78 is 5.53. The summed E-state index contributed by atoms with van der Waals surface area (Å²) in [6.45, 7) is 0.546. The van der Waals surface area contributed by atoms with Crippen molar-refractivity contribution in [1.29, 1.82) is 0 Å². The van der Waals surface area contributed by atoms with E-state index in [9.17, 15) is 4.79 Å². The van der Waals surface area contributed by atoms with E-state index in [1.54, 1.807) is 0 Å². The molecule has 0 amide bonds. The zero-order valence-corrected chi connectivity index (χ0v) is 8.61. The molecule has 0 atom stereocenters. The molecule has 0 spiro atoms. The van der Waals surface area contributed by atoms with Gasteiger partial charge >= 0.3 is 0 Å². The summed E-state index contributed by atoms with van der Waals surface area (Å²) in [5.74, 6) is 0.884. The minimum Gasteiger partial charge on any atom is -0.489 e. The fourth-order valence-electron chi connectivity index (χ4n) is 1.66. The van der Waals surface area contributed by atoms with Crippen molar-refractivity contribution in [1.82, 2.24) is 0 Å². The number of ether oxygens (including phenoxy) is 1. The third-order valence-corrected chi connectivity index (χ3v) is 2.46. The lowest BCUT2D eigenvalue weighted by Gasteiger charge is -2.10. The number of fused-ring (bicyclic) bond motifs is 1. The predicted octanol–water partition coefficient (Wildman–Crippen LogP) is 2.99. The summed E-state index contributed by atoms with van der Waals surface area (Å²) in [5.41, 5.74) is 0.716. The minimum atomic E-state index is 0.181. The van der Waals surface area contributed by atoms with Crippen LogP contribution in [0.25, 0.3) is 0 Å². The maximum absolute atomic E-state index is 11.8. The molecule has 1 aromatic rings. The first-order valence-corrected chi connectivity index (χ1v) is 5.28. The lowest BCUT2D eigenvalue weighted by Crippen LogP contribution is -2.05. The van der Waals surface area contributed by atoms with Crippen LogP contribution in [0, 0.1) is 0 Å². The molecule has 0 saturated heterocycles. The Kier molecular flexibility index (Phi) is 3.18. The molecule has 0 N–H and O–H groups in total. The highest BCUT2D eigenvalue weighted by atomic mass is 16.5. The Labute approximate surface area is 89.6 Å². The first-order valence-electron chi connectivity index (χ1n) is 5.28. The Balaban J connectivity index is 2.29. The molecule has 2 nitrogen and oxygen atoms in total. The normalized spacial score (nSPS) is 18.8. The molecule has 0 fully saturated rings. The van der Waals surface area contributed by atoms with Crippen LogP contribution in [0.5, 0.6) is 5.75 Å². The second kappa shape index (κ2) is 4.78. The van der Waals surface area contributed by atoms with Crippen LogP contribution in [0.4, 0.5) is 0 Å². The van der Waals surface area contributed by atoms with Gasteiger partial charge in [0.25, 0.3) is 0 Å². The van der Waals surface area contributed by atoms with Gasteiger partial charge in [-0.2, -0.15) is 0 Å². The third-order valence-electron chi connectivity index (χ3n) is 2.46. The molecule has 1 aliphatic heterocycles. The van der Waals surface area contributed by atoms with Crippen molar-refractivity contribution in [2.24, 2.45) is 0 Å². The molecule has 2 heteroatoms. The Morgan fingerprint density at radius 2 is 2.00 bits per heavy atom. The van der Waals surface area contributed by atoms with Crippen molar-refractivity contribution < 1.29 is 9.53 Å². The first kappa shape index (κ1) is 9.97. The molecule has 0 saturated carbocycles. The van der Waals surface area contributed by atoms with E-state index in [1.807, 2.05) is 30.3 Å². The van der Waals surface area contributed by atoms with Crippen LogP contribution in [-0.2, 0) is 0 Å². The van der Waals surface area contributed by atoms with Crippen LogP contribution in [-0.4, -0.2) is 12.4 Å². The van der Waals surface area contributed by atoms with Crippen molar-refractivity contribution in [2.45, 2.75) is 19.3 Å². The lowest BCUT2D eigenvalue weighted by atomic mass is 10.0. The second-order valence-corrected chi connectivity index (χ2v) is 3.59. The van der Waals surface area contributed by atoms with Gasteiger partial charge < -0.3 is 4.74 Å². The number of Topliss-reactive ketones (excluding diaryl/α,β-unsaturated/α-hetero) is 1. The summed E-state index contributed by atoms with van der Waals surface area (Å²) in [5, 5.41) is 0. The van der Waals surface area contributed by atoms with Gasteiger partial charge in [-0.05, 0) is 25.0 Å². The summed E-state index contributed by atoms with van der Waals surface area (Å²) >= 11 is 0. The van der Waals surface area contributed by atoms with E-state index in [4.69, 9.17) is 4.74 Å². The van der Waals surface area contributed by atoms with Gasteiger partial charge in [0, 0.05) is 6.42 Å². The van der Waals surface area contributed by atoms with E-state index >= 15 is 0 Å². The SMILES string of the molecule is O=C1CCC/C=C\COc2ccccc21. The van der Waals surface area contributed by atoms with Gasteiger partial charge in [-0.15, -0.1) is 0 Å². The van der Waals surface area contributed by atoms with E-state index < -0.39 is 0 Å². The van der Waals surface area contributed by atoms with Crippen molar-refractivity contribution in [3.63, 3.8) is 0 Å². The second-order valence-electron chi connectivity index (χ2n) is 3.59. The van der Waals surface area contributed by atoms with E-state index in [-0.39, 0.29) is 5.78 Å². The highest BCUT2D eigenvalue weighted by Crippen LogP contribution is 2.21. The quantitative estimate of drug-likeness (QED) is 0.604. The number of rotatable bonds is 0. The Morgan fingerprint density at radius 1 is 1.13 bits per heavy atom. The van der Waals surface area contributed by atoms with Gasteiger partial charge in [0.15, 0.2) is 5.78 Å². The van der Waals surface area contributed by atoms with E-state index in [2.05, 4.69) is 6.08 Å². The highest BCUT2D eigenvalue weighted by molar-refractivity contribution is 5.98. The van der Waals surface area contributed by atoms with Gasteiger partial charge in [-0.1, -0.05) is 24.3 Å². The number of ketones is 1. The van der Waals surface area contributed by atoms with Crippen molar-refractivity contribution in [3.8, 4) is 5.75 Å². The molecular formula is C13H14O2. The Bertz CT molecular complexity index is 380. The molecule has 1 aliphatic rings. The Morgan fingerprint density at radius 3 is 2.93 bits per heavy atom. The molecule has 0 aromatic heterocycles. The average Bonchev–Trinajstić information content (AvgIpc) is 2.28. The van der Waals surface area contributed by atoms with E-state index in [0.29, 0.717) is 24.3 Å². The summed E-state index contributed by atoms with van der Waals surface area (Å²) in [7, 11) is 0. The minimum absolute atomic E-state index is 0.181. The zero-order valence-electron chi connectivity index (χ0n) is 8.61. The highest BCUT2D eigenvalue weighted by Gasteiger charge is 2.11. The lowest BCUT2D eigenvalue weighted by molar-refractivity contribution is 0.0976. The van der Waals surface area contributed by atoms with Crippen LogP contribution in [0.1, 0.15) is 29.6 Å². The molecule has 0 bridgehead atoms. The van der Waals surface area contributed by atoms with Crippen LogP contribution in [0.2, 0.25) is 0 Å². The van der Waals surface area contributed by atoms with Gasteiger partial charge in [-0.3, -0.25) is 4.79 Å². The van der Waals surface area contributed by atoms with Gasteiger partial charge in [0.2, 0.25) is 0 Å².